The van der Waals surface area contributed by atoms with Gasteiger partial charge in [-0.2, -0.15) is 0 Å². The summed E-state index contributed by atoms with van der Waals surface area (Å²) in [7, 11) is 0. The first-order valence-electron chi connectivity index (χ1n) is 4.80. The number of nitrogens with one attached hydrogen (secondary N) is 1. The van der Waals surface area contributed by atoms with Crippen molar-refractivity contribution in [3.63, 3.8) is 0 Å². The van der Waals surface area contributed by atoms with Crippen molar-refractivity contribution in [1.82, 2.24) is 5.32 Å². The molecule has 0 aromatic carbocycles. The maximum absolute atomic E-state index is 3.62. The molecule has 0 bridgehead atoms. The van der Waals surface area contributed by atoms with Gasteiger partial charge in [0, 0.05) is 11.6 Å². The van der Waals surface area contributed by atoms with E-state index in [1.54, 1.807) is 0 Å². The van der Waals surface area contributed by atoms with Crippen molar-refractivity contribution in [2.75, 3.05) is 0 Å². The molecule has 0 aliphatic heterocycles. The van der Waals surface area contributed by atoms with Crippen LogP contribution in [0.1, 0.15) is 47.0 Å². The molecule has 1 aliphatic rings. The Labute approximate surface area is 70.6 Å². The molecule has 66 valence electrons. The van der Waals surface area contributed by atoms with E-state index in [4.69, 9.17) is 0 Å². The van der Waals surface area contributed by atoms with Gasteiger partial charge in [-0.3, -0.25) is 0 Å². The van der Waals surface area contributed by atoms with E-state index in [2.05, 4.69) is 33.0 Å². The lowest BCUT2D eigenvalue weighted by Crippen LogP contribution is -2.51. The van der Waals surface area contributed by atoms with Crippen LogP contribution in [0.5, 0.6) is 0 Å². The summed E-state index contributed by atoms with van der Waals surface area (Å²) in [4.78, 5) is 0. The highest BCUT2D eigenvalue weighted by Gasteiger charge is 2.33. The van der Waals surface area contributed by atoms with E-state index >= 15 is 0 Å². The molecule has 0 aromatic rings. The van der Waals surface area contributed by atoms with Gasteiger partial charge in [-0.25, -0.2) is 0 Å². The number of hydrogen-bond acceptors (Lipinski definition) is 1. The Balaban J connectivity index is 2.37. The third-order valence-electron chi connectivity index (χ3n) is 2.79. The van der Waals surface area contributed by atoms with Crippen LogP contribution in [0.3, 0.4) is 0 Å². The van der Waals surface area contributed by atoms with E-state index < -0.39 is 0 Å². The van der Waals surface area contributed by atoms with E-state index in [9.17, 15) is 0 Å². The smallest absolute Gasteiger partial charge is 0.0155 e. The molecule has 0 aromatic heterocycles. The van der Waals surface area contributed by atoms with Crippen molar-refractivity contribution in [3.05, 3.63) is 0 Å². The predicted molar refractivity (Wildman–Crippen MR) is 49.7 cm³/mol. The van der Waals surface area contributed by atoms with Crippen molar-refractivity contribution in [3.8, 4) is 0 Å². The SMILES string of the molecule is CC(C)NC(C)(C)C1CCC1. The molecular formula is C10H21N. The zero-order valence-electron chi connectivity index (χ0n) is 8.28. The number of hydrogen-bond donors (Lipinski definition) is 1. The summed E-state index contributed by atoms with van der Waals surface area (Å²) in [5, 5.41) is 3.62. The molecule has 0 saturated heterocycles. The quantitative estimate of drug-likeness (QED) is 0.660. The van der Waals surface area contributed by atoms with Crippen LogP contribution in [0, 0.1) is 5.92 Å². The molecule has 0 heterocycles. The van der Waals surface area contributed by atoms with Crippen LogP contribution in [0.15, 0.2) is 0 Å². The van der Waals surface area contributed by atoms with E-state index in [1.807, 2.05) is 0 Å². The topological polar surface area (TPSA) is 12.0 Å². The normalized spacial score (nSPS) is 20.5. The monoisotopic (exact) mass is 155 g/mol. The van der Waals surface area contributed by atoms with Crippen molar-refractivity contribution in [2.24, 2.45) is 5.92 Å². The Kier molecular flexibility index (Phi) is 2.58. The van der Waals surface area contributed by atoms with Gasteiger partial charge in [0.25, 0.3) is 0 Å². The van der Waals surface area contributed by atoms with Crippen LogP contribution in [-0.4, -0.2) is 11.6 Å². The van der Waals surface area contributed by atoms with Crippen LogP contribution >= 0.6 is 0 Å². The molecule has 1 rings (SSSR count). The molecular weight excluding hydrogens is 134 g/mol. The second-order valence-corrected chi connectivity index (χ2v) is 4.65. The lowest BCUT2D eigenvalue weighted by atomic mass is 9.72. The number of rotatable bonds is 3. The fourth-order valence-corrected chi connectivity index (χ4v) is 1.99. The van der Waals surface area contributed by atoms with Gasteiger partial charge < -0.3 is 5.32 Å². The molecule has 0 unspecified atom stereocenters. The Morgan fingerprint density at radius 3 is 2.09 bits per heavy atom. The molecule has 1 aliphatic carbocycles. The second kappa shape index (κ2) is 3.14. The molecule has 1 N–H and O–H groups in total. The molecule has 0 amide bonds. The zero-order chi connectivity index (χ0) is 8.48. The highest BCUT2D eigenvalue weighted by Crippen LogP contribution is 2.35. The molecule has 1 heteroatoms. The van der Waals surface area contributed by atoms with E-state index in [1.165, 1.54) is 19.3 Å². The molecule has 11 heavy (non-hydrogen) atoms. The van der Waals surface area contributed by atoms with Crippen molar-refractivity contribution >= 4 is 0 Å². The van der Waals surface area contributed by atoms with E-state index in [0.29, 0.717) is 11.6 Å². The maximum atomic E-state index is 3.62. The van der Waals surface area contributed by atoms with Crippen molar-refractivity contribution in [1.29, 1.82) is 0 Å². The third-order valence-corrected chi connectivity index (χ3v) is 2.79. The summed E-state index contributed by atoms with van der Waals surface area (Å²) in [5.41, 5.74) is 0.367. The van der Waals surface area contributed by atoms with Crippen LogP contribution in [-0.2, 0) is 0 Å². The highest BCUT2D eigenvalue weighted by molar-refractivity contribution is 4.91. The average molecular weight is 155 g/mol. The van der Waals surface area contributed by atoms with Gasteiger partial charge in [0.2, 0.25) is 0 Å². The fraction of sp³-hybridized carbons (Fsp3) is 1.00. The lowest BCUT2D eigenvalue weighted by molar-refractivity contribution is 0.149. The Morgan fingerprint density at radius 1 is 1.27 bits per heavy atom. The van der Waals surface area contributed by atoms with Gasteiger partial charge in [-0.1, -0.05) is 20.3 Å². The first kappa shape index (κ1) is 9.05. The summed E-state index contributed by atoms with van der Waals surface area (Å²) < 4.78 is 0. The van der Waals surface area contributed by atoms with Gasteiger partial charge in [-0.05, 0) is 32.6 Å². The zero-order valence-corrected chi connectivity index (χ0v) is 8.28. The second-order valence-electron chi connectivity index (χ2n) is 4.65. The molecule has 0 radical (unpaired) electrons. The predicted octanol–water partition coefficient (Wildman–Crippen LogP) is 2.56. The highest BCUT2D eigenvalue weighted by atomic mass is 15.0. The summed E-state index contributed by atoms with van der Waals surface area (Å²) in [6.07, 6.45) is 4.29. The minimum atomic E-state index is 0.367. The van der Waals surface area contributed by atoms with Crippen LogP contribution in [0.25, 0.3) is 0 Å². The Bertz CT molecular complexity index is 123. The lowest BCUT2D eigenvalue weighted by Gasteiger charge is -2.42. The van der Waals surface area contributed by atoms with Crippen molar-refractivity contribution < 1.29 is 0 Å². The van der Waals surface area contributed by atoms with E-state index in [-0.39, 0.29) is 0 Å². The third kappa shape index (κ3) is 2.19. The first-order valence-corrected chi connectivity index (χ1v) is 4.80. The van der Waals surface area contributed by atoms with Crippen LogP contribution < -0.4 is 5.32 Å². The first-order chi connectivity index (χ1) is 5.02. The van der Waals surface area contributed by atoms with Gasteiger partial charge in [-0.15, -0.1) is 0 Å². The van der Waals surface area contributed by atoms with Crippen molar-refractivity contribution in [2.45, 2.75) is 58.5 Å². The van der Waals surface area contributed by atoms with E-state index in [0.717, 1.165) is 5.92 Å². The Hall–Kier alpha value is -0.0400. The molecule has 1 fully saturated rings. The largest absolute Gasteiger partial charge is 0.309 e. The minimum Gasteiger partial charge on any atom is -0.309 e. The Morgan fingerprint density at radius 2 is 1.82 bits per heavy atom. The fourth-order valence-electron chi connectivity index (χ4n) is 1.99. The van der Waals surface area contributed by atoms with Gasteiger partial charge in [0.1, 0.15) is 0 Å². The maximum Gasteiger partial charge on any atom is 0.0155 e. The van der Waals surface area contributed by atoms with Crippen LogP contribution in [0.2, 0.25) is 0 Å². The molecule has 1 saturated carbocycles. The van der Waals surface area contributed by atoms with Gasteiger partial charge >= 0.3 is 0 Å². The minimum absolute atomic E-state index is 0.367. The summed E-state index contributed by atoms with van der Waals surface area (Å²) in [6.45, 7) is 9.11. The summed E-state index contributed by atoms with van der Waals surface area (Å²) >= 11 is 0. The summed E-state index contributed by atoms with van der Waals surface area (Å²) in [6, 6.07) is 0.616. The van der Waals surface area contributed by atoms with Crippen LogP contribution in [0.4, 0.5) is 0 Å². The average Bonchev–Trinajstić information content (AvgIpc) is 1.50. The summed E-state index contributed by atoms with van der Waals surface area (Å²) in [5.74, 6) is 0.921. The van der Waals surface area contributed by atoms with Gasteiger partial charge in [0.15, 0.2) is 0 Å². The standard InChI is InChI=1S/C10H21N/c1-8(2)11-10(3,4)9-6-5-7-9/h8-9,11H,5-7H2,1-4H3. The molecule has 1 nitrogen and oxygen atoms in total. The molecule has 0 spiro atoms. The molecule has 0 atom stereocenters. The van der Waals surface area contributed by atoms with Gasteiger partial charge in [0.05, 0.1) is 0 Å².